The van der Waals surface area contributed by atoms with E-state index in [1.165, 1.54) is 12.1 Å². The number of aryl methyl sites for hydroxylation is 2. The van der Waals surface area contributed by atoms with Gasteiger partial charge in [0.25, 0.3) is 0 Å². The summed E-state index contributed by atoms with van der Waals surface area (Å²) in [5.41, 5.74) is -0.0273. The molecule has 2 N–H and O–H groups in total. The van der Waals surface area contributed by atoms with Gasteiger partial charge in [-0.3, -0.25) is 0 Å². The molecule has 26 heavy (non-hydrogen) atoms. The molecule has 0 saturated carbocycles. The van der Waals surface area contributed by atoms with Gasteiger partial charge in [-0.25, -0.2) is 0 Å². The molecular formula is C18H16N2O4Se2. The Morgan fingerprint density at radius 2 is 1.15 bits per heavy atom. The summed E-state index contributed by atoms with van der Waals surface area (Å²) in [7, 11) is 0. The summed E-state index contributed by atoms with van der Waals surface area (Å²) in [6, 6.07) is 9.96. The van der Waals surface area contributed by atoms with Gasteiger partial charge in [0.1, 0.15) is 0 Å². The number of unbranched alkanes of at least 4 members (excludes halogenated alkanes) is 1. The van der Waals surface area contributed by atoms with E-state index < -0.39 is 0 Å². The van der Waals surface area contributed by atoms with Gasteiger partial charge < -0.3 is 0 Å². The van der Waals surface area contributed by atoms with Crippen LogP contribution in [0.25, 0.3) is 19.3 Å². The van der Waals surface area contributed by atoms with Crippen LogP contribution < -0.4 is 11.1 Å². The molecule has 8 heteroatoms. The van der Waals surface area contributed by atoms with Gasteiger partial charge in [-0.05, 0) is 0 Å². The average molecular weight is 482 g/mol. The number of hydrogen-bond donors (Lipinski definition) is 2. The van der Waals surface area contributed by atoms with Gasteiger partial charge >= 0.3 is 161 Å². The minimum atomic E-state index is -0.0404. The van der Waals surface area contributed by atoms with Crippen LogP contribution in [0.4, 0.5) is 0 Å². The molecule has 2 heterocycles. The number of phenols is 2. The first kappa shape index (κ1) is 17.4. The second kappa shape index (κ2) is 6.97. The first-order valence-electron chi connectivity index (χ1n) is 8.18. The van der Waals surface area contributed by atoms with E-state index in [2.05, 4.69) is 0 Å². The van der Waals surface area contributed by atoms with Crippen molar-refractivity contribution < 1.29 is 10.2 Å². The minimum absolute atomic E-state index is 0.0137. The summed E-state index contributed by atoms with van der Waals surface area (Å²) < 4.78 is 5.71. The molecule has 0 unspecified atom stereocenters. The molecule has 4 aromatic rings. The summed E-state index contributed by atoms with van der Waals surface area (Å²) in [5, 5.41) is 20.3. The molecule has 6 nitrogen and oxygen atoms in total. The van der Waals surface area contributed by atoms with Crippen LogP contribution in [-0.2, 0) is 13.1 Å². The van der Waals surface area contributed by atoms with Crippen molar-refractivity contribution in [1.82, 2.24) is 7.12 Å². The van der Waals surface area contributed by atoms with Gasteiger partial charge in [0.2, 0.25) is 0 Å². The predicted octanol–water partition coefficient (Wildman–Crippen LogP) is 1.32. The van der Waals surface area contributed by atoms with Crippen molar-refractivity contribution in [3.63, 3.8) is 0 Å². The van der Waals surface area contributed by atoms with E-state index in [0.717, 1.165) is 21.4 Å². The van der Waals surface area contributed by atoms with Crippen LogP contribution in [0.15, 0.2) is 46.0 Å². The monoisotopic (exact) mass is 484 g/mol. The Kier molecular flexibility index (Phi) is 4.67. The zero-order chi connectivity index (χ0) is 18.3. The average Bonchev–Trinajstić information content (AvgIpc) is 3.10. The molecule has 0 radical (unpaired) electrons. The fourth-order valence-electron chi connectivity index (χ4n) is 2.92. The Labute approximate surface area is 160 Å². The molecule has 0 aliphatic heterocycles. The van der Waals surface area contributed by atoms with E-state index >= 15 is 0 Å². The molecule has 134 valence electrons. The molecule has 0 aliphatic rings. The van der Waals surface area contributed by atoms with Crippen LogP contribution >= 0.6 is 0 Å². The summed E-state index contributed by atoms with van der Waals surface area (Å²) in [6.45, 7) is 1.33. The molecule has 2 aromatic carbocycles. The van der Waals surface area contributed by atoms with Crippen molar-refractivity contribution >= 4 is 48.8 Å². The first-order chi connectivity index (χ1) is 12.5. The third kappa shape index (κ3) is 3.21. The van der Waals surface area contributed by atoms with Crippen LogP contribution in [-0.4, -0.2) is 46.8 Å². The fraction of sp³-hybridized carbons (Fsp3) is 0.222. The summed E-state index contributed by atoms with van der Waals surface area (Å²) >= 11 is -0.0808. The number of aromatic hydroxyl groups is 2. The SMILES string of the molecule is O=c1c2cc(O)ccc2[se]n1CCCCn1[se]c2ccc(O)cc2c1=O. The second-order valence-electron chi connectivity index (χ2n) is 6.07. The maximum absolute atomic E-state index is 12.4. The van der Waals surface area contributed by atoms with Crippen LogP contribution in [0.3, 0.4) is 0 Å². The van der Waals surface area contributed by atoms with Crippen LogP contribution in [0.1, 0.15) is 12.8 Å². The van der Waals surface area contributed by atoms with Crippen LogP contribution in [0.2, 0.25) is 0 Å². The Bertz CT molecular complexity index is 1120. The van der Waals surface area contributed by atoms with Gasteiger partial charge in [-0.1, -0.05) is 0 Å². The van der Waals surface area contributed by atoms with Crippen molar-refractivity contribution in [3.8, 4) is 11.5 Å². The molecule has 2 aromatic heterocycles. The number of benzene rings is 2. The van der Waals surface area contributed by atoms with Crippen LogP contribution in [0.5, 0.6) is 11.5 Å². The molecule has 0 amide bonds. The van der Waals surface area contributed by atoms with Gasteiger partial charge in [0.15, 0.2) is 0 Å². The van der Waals surface area contributed by atoms with Crippen molar-refractivity contribution in [2.45, 2.75) is 25.9 Å². The van der Waals surface area contributed by atoms with E-state index in [4.69, 9.17) is 0 Å². The Morgan fingerprint density at radius 3 is 1.58 bits per heavy atom. The number of aromatic nitrogens is 2. The molecule has 0 fully saturated rings. The summed E-state index contributed by atoms with van der Waals surface area (Å²) in [4.78, 5) is 24.8. The number of hydrogen-bond acceptors (Lipinski definition) is 4. The number of fused-ring (bicyclic) bond motifs is 2. The standard InChI is InChI=1S/C18H16N2O4Se2/c21-11-3-5-15-13(9-11)17(23)19(25-15)7-1-2-8-20-18(24)14-10-12(22)4-6-16(14)26-20/h3-6,9-10,21-22H,1-2,7-8H2. The molecule has 0 atom stereocenters. The zero-order valence-corrected chi connectivity index (χ0v) is 17.1. The number of phenolic OH excluding ortho intramolecular Hbond substituents is 2. The van der Waals surface area contributed by atoms with E-state index in [1.807, 2.05) is 19.3 Å². The van der Waals surface area contributed by atoms with E-state index in [1.54, 1.807) is 12.1 Å². The van der Waals surface area contributed by atoms with E-state index in [0.29, 0.717) is 23.9 Å². The second-order valence-corrected chi connectivity index (χ2v) is 10.5. The van der Waals surface area contributed by atoms with Crippen molar-refractivity contribution in [2.75, 3.05) is 0 Å². The molecular weight excluding hydrogens is 466 g/mol. The third-order valence-electron chi connectivity index (χ3n) is 4.23. The summed E-state index contributed by atoms with van der Waals surface area (Å²) in [6.07, 6.45) is 1.66. The molecule has 0 spiro atoms. The molecule has 0 aliphatic carbocycles. The molecule has 0 saturated heterocycles. The Morgan fingerprint density at radius 1 is 0.731 bits per heavy atom. The van der Waals surface area contributed by atoms with E-state index in [9.17, 15) is 19.8 Å². The topological polar surface area (TPSA) is 84.5 Å². The third-order valence-corrected chi connectivity index (χ3v) is 8.94. The van der Waals surface area contributed by atoms with Gasteiger partial charge in [0, 0.05) is 0 Å². The fourth-order valence-corrected chi connectivity index (χ4v) is 7.17. The Hall–Kier alpha value is -1.98. The van der Waals surface area contributed by atoms with Gasteiger partial charge in [0.05, 0.1) is 0 Å². The quantitative estimate of drug-likeness (QED) is 0.332. The normalized spacial score (nSPS) is 11.5. The van der Waals surface area contributed by atoms with Crippen LogP contribution in [0, 0.1) is 0 Å². The number of rotatable bonds is 5. The Balaban J connectivity index is 1.44. The van der Waals surface area contributed by atoms with Crippen molar-refractivity contribution in [1.29, 1.82) is 0 Å². The summed E-state index contributed by atoms with van der Waals surface area (Å²) in [5.74, 6) is 0.241. The van der Waals surface area contributed by atoms with Gasteiger partial charge in [-0.2, -0.15) is 0 Å². The van der Waals surface area contributed by atoms with Crippen molar-refractivity contribution in [3.05, 3.63) is 57.1 Å². The predicted molar refractivity (Wildman–Crippen MR) is 103 cm³/mol. The first-order valence-corrected chi connectivity index (χ1v) is 11.4. The zero-order valence-electron chi connectivity index (χ0n) is 13.7. The van der Waals surface area contributed by atoms with E-state index in [-0.39, 0.29) is 52.1 Å². The van der Waals surface area contributed by atoms with Crippen molar-refractivity contribution in [2.24, 2.45) is 0 Å². The molecule has 0 bridgehead atoms. The maximum atomic E-state index is 12.4. The number of nitrogens with zero attached hydrogens (tertiary/aromatic N) is 2. The van der Waals surface area contributed by atoms with Gasteiger partial charge in [-0.15, -0.1) is 0 Å². The molecule has 4 rings (SSSR count).